The zero-order chi connectivity index (χ0) is 13.5. The second kappa shape index (κ2) is 4.78. The van der Waals surface area contributed by atoms with Gasteiger partial charge in [-0.05, 0) is 49.8 Å². The molecule has 1 heterocycles. The third-order valence-electron chi connectivity index (χ3n) is 4.64. The molecule has 0 radical (unpaired) electrons. The van der Waals surface area contributed by atoms with Gasteiger partial charge in [0.1, 0.15) is 17.2 Å². The van der Waals surface area contributed by atoms with E-state index in [2.05, 4.69) is 6.92 Å². The van der Waals surface area contributed by atoms with Gasteiger partial charge in [-0.1, -0.05) is 13.3 Å². The van der Waals surface area contributed by atoms with Crippen molar-refractivity contribution in [2.24, 2.45) is 5.92 Å². The lowest BCUT2D eigenvalue weighted by Crippen LogP contribution is -2.40. The number of rotatable bonds is 0. The van der Waals surface area contributed by atoms with Crippen LogP contribution in [-0.4, -0.2) is 10.7 Å². The fraction of sp³-hybridized carbons (Fsp3) is 0.625. The highest BCUT2D eigenvalue weighted by Gasteiger charge is 2.41. The Bertz CT molecular complexity index is 474. The van der Waals surface area contributed by atoms with E-state index in [0.717, 1.165) is 31.6 Å². The van der Waals surface area contributed by atoms with Crippen molar-refractivity contribution < 1.29 is 14.2 Å². The summed E-state index contributed by atoms with van der Waals surface area (Å²) < 4.78 is 19.4. The lowest BCUT2D eigenvalue weighted by molar-refractivity contribution is -0.0252. The van der Waals surface area contributed by atoms with Crippen LogP contribution in [0.25, 0.3) is 0 Å². The highest BCUT2D eigenvalue weighted by atomic mass is 19.1. The van der Waals surface area contributed by atoms with Crippen molar-refractivity contribution in [3.8, 4) is 5.75 Å². The molecule has 2 aliphatic rings. The number of ether oxygens (including phenoxy) is 1. The van der Waals surface area contributed by atoms with Gasteiger partial charge in [0.05, 0.1) is 6.10 Å². The molecular weight excluding hydrogens is 243 g/mol. The van der Waals surface area contributed by atoms with Gasteiger partial charge in [0.15, 0.2) is 0 Å². The SMILES string of the molecule is CC1CCCC2(CC1)C[C@H](O)c1cc(F)ccc1O2. The van der Waals surface area contributed by atoms with Gasteiger partial charge in [0, 0.05) is 12.0 Å². The molecule has 3 rings (SSSR count). The molecule has 3 heteroatoms. The summed E-state index contributed by atoms with van der Waals surface area (Å²) in [5.41, 5.74) is 0.359. The highest BCUT2D eigenvalue weighted by molar-refractivity contribution is 5.38. The molecule has 1 N–H and O–H groups in total. The van der Waals surface area contributed by atoms with Crippen LogP contribution >= 0.6 is 0 Å². The number of fused-ring (bicyclic) bond motifs is 1. The van der Waals surface area contributed by atoms with Gasteiger partial charge in [0.2, 0.25) is 0 Å². The van der Waals surface area contributed by atoms with Crippen LogP contribution in [0.4, 0.5) is 4.39 Å². The number of aliphatic hydroxyl groups excluding tert-OH is 1. The Morgan fingerprint density at radius 1 is 1.32 bits per heavy atom. The third kappa shape index (κ3) is 2.48. The average molecular weight is 264 g/mol. The molecule has 1 aromatic carbocycles. The highest BCUT2D eigenvalue weighted by Crippen LogP contribution is 2.46. The van der Waals surface area contributed by atoms with Crippen molar-refractivity contribution in [1.82, 2.24) is 0 Å². The molecule has 1 aliphatic heterocycles. The molecule has 0 bridgehead atoms. The van der Waals surface area contributed by atoms with E-state index in [9.17, 15) is 9.50 Å². The Morgan fingerprint density at radius 3 is 3.00 bits per heavy atom. The Kier molecular flexibility index (Phi) is 3.25. The monoisotopic (exact) mass is 264 g/mol. The fourth-order valence-electron chi connectivity index (χ4n) is 3.47. The third-order valence-corrected chi connectivity index (χ3v) is 4.64. The van der Waals surface area contributed by atoms with Crippen LogP contribution in [0.15, 0.2) is 18.2 Å². The van der Waals surface area contributed by atoms with E-state index in [4.69, 9.17) is 4.74 Å². The summed E-state index contributed by atoms with van der Waals surface area (Å²) in [5.74, 6) is 1.08. The van der Waals surface area contributed by atoms with Gasteiger partial charge < -0.3 is 9.84 Å². The minimum Gasteiger partial charge on any atom is -0.487 e. The minimum atomic E-state index is -0.604. The molecule has 3 atom stereocenters. The van der Waals surface area contributed by atoms with E-state index < -0.39 is 6.10 Å². The molecule has 0 amide bonds. The molecule has 0 saturated heterocycles. The average Bonchev–Trinajstić information content (AvgIpc) is 2.54. The van der Waals surface area contributed by atoms with Crippen LogP contribution in [0.5, 0.6) is 5.75 Å². The van der Waals surface area contributed by atoms with E-state index in [1.165, 1.54) is 18.6 Å². The van der Waals surface area contributed by atoms with Crippen molar-refractivity contribution >= 4 is 0 Å². The predicted octanol–water partition coefficient (Wildman–Crippen LogP) is 3.98. The summed E-state index contributed by atoms with van der Waals surface area (Å²) in [5, 5.41) is 10.3. The summed E-state index contributed by atoms with van der Waals surface area (Å²) in [4.78, 5) is 0. The summed E-state index contributed by atoms with van der Waals surface area (Å²) in [7, 11) is 0. The second-order valence-electron chi connectivity index (χ2n) is 6.22. The molecule has 2 nitrogen and oxygen atoms in total. The van der Waals surface area contributed by atoms with Crippen LogP contribution in [-0.2, 0) is 0 Å². The first-order valence-electron chi connectivity index (χ1n) is 7.24. The minimum absolute atomic E-state index is 0.241. The van der Waals surface area contributed by atoms with Gasteiger partial charge in [-0.25, -0.2) is 4.39 Å². The van der Waals surface area contributed by atoms with E-state index in [1.54, 1.807) is 6.07 Å². The van der Waals surface area contributed by atoms with Crippen molar-refractivity contribution in [2.45, 2.75) is 57.2 Å². The largest absolute Gasteiger partial charge is 0.487 e. The molecule has 1 spiro atoms. The van der Waals surface area contributed by atoms with Gasteiger partial charge >= 0.3 is 0 Å². The number of benzene rings is 1. The summed E-state index contributed by atoms with van der Waals surface area (Å²) in [6.45, 7) is 2.28. The zero-order valence-corrected chi connectivity index (χ0v) is 11.4. The molecule has 1 fully saturated rings. The van der Waals surface area contributed by atoms with Crippen LogP contribution < -0.4 is 4.74 Å². The first kappa shape index (κ1) is 12.9. The molecule has 2 unspecified atom stereocenters. The lowest BCUT2D eigenvalue weighted by Gasteiger charge is -2.40. The number of aliphatic hydroxyl groups is 1. The molecule has 1 aliphatic carbocycles. The van der Waals surface area contributed by atoms with Gasteiger partial charge in [-0.3, -0.25) is 0 Å². The summed E-state index contributed by atoms with van der Waals surface area (Å²) in [6.07, 6.45) is 5.49. The van der Waals surface area contributed by atoms with Crippen molar-refractivity contribution in [3.63, 3.8) is 0 Å². The standard InChI is InChI=1S/C16H21FO2/c1-11-3-2-7-16(8-6-11)10-14(18)13-9-12(17)4-5-15(13)19-16/h4-5,9,11,14,18H,2-3,6-8,10H2,1H3/t11?,14-,16?/m0/s1. The Labute approximate surface area is 113 Å². The smallest absolute Gasteiger partial charge is 0.126 e. The van der Waals surface area contributed by atoms with Crippen molar-refractivity contribution in [1.29, 1.82) is 0 Å². The Balaban J connectivity index is 1.89. The van der Waals surface area contributed by atoms with Crippen molar-refractivity contribution in [3.05, 3.63) is 29.6 Å². The van der Waals surface area contributed by atoms with E-state index >= 15 is 0 Å². The summed E-state index contributed by atoms with van der Waals surface area (Å²) in [6, 6.07) is 4.46. The zero-order valence-electron chi connectivity index (χ0n) is 11.4. The number of halogens is 1. The second-order valence-corrected chi connectivity index (χ2v) is 6.22. The molecular formula is C16H21FO2. The van der Waals surface area contributed by atoms with E-state index in [0.29, 0.717) is 17.7 Å². The van der Waals surface area contributed by atoms with Crippen LogP contribution in [0.3, 0.4) is 0 Å². The van der Waals surface area contributed by atoms with E-state index in [-0.39, 0.29) is 11.4 Å². The normalized spacial score (nSPS) is 34.5. The maximum absolute atomic E-state index is 13.3. The first-order chi connectivity index (χ1) is 9.08. The van der Waals surface area contributed by atoms with Gasteiger partial charge in [-0.2, -0.15) is 0 Å². The fourth-order valence-corrected chi connectivity index (χ4v) is 3.47. The molecule has 1 saturated carbocycles. The van der Waals surface area contributed by atoms with E-state index in [1.807, 2.05) is 0 Å². The first-order valence-corrected chi connectivity index (χ1v) is 7.24. The number of hydrogen-bond donors (Lipinski definition) is 1. The molecule has 1 aromatic rings. The van der Waals surface area contributed by atoms with Crippen molar-refractivity contribution in [2.75, 3.05) is 0 Å². The Morgan fingerprint density at radius 2 is 2.16 bits per heavy atom. The number of hydrogen-bond acceptors (Lipinski definition) is 2. The van der Waals surface area contributed by atoms with Gasteiger partial charge in [-0.15, -0.1) is 0 Å². The maximum atomic E-state index is 13.3. The quantitative estimate of drug-likeness (QED) is 0.768. The Hall–Kier alpha value is -1.09. The van der Waals surface area contributed by atoms with Crippen LogP contribution in [0.2, 0.25) is 0 Å². The molecule has 0 aromatic heterocycles. The molecule has 104 valence electrons. The van der Waals surface area contributed by atoms with Crippen LogP contribution in [0.1, 0.15) is 57.1 Å². The lowest BCUT2D eigenvalue weighted by atomic mass is 9.83. The van der Waals surface area contributed by atoms with Crippen LogP contribution in [0, 0.1) is 11.7 Å². The maximum Gasteiger partial charge on any atom is 0.126 e. The summed E-state index contributed by atoms with van der Waals surface area (Å²) >= 11 is 0. The predicted molar refractivity (Wildman–Crippen MR) is 71.6 cm³/mol. The molecule has 19 heavy (non-hydrogen) atoms. The van der Waals surface area contributed by atoms with Gasteiger partial charge in [0.25, 0.3) is 0 Å². The topological polar surface area (TPSA) is 29.5 Å².